The van der Waals surface area contributed by atoms with Gasteiger partial charge in [0, 0.05) is 23.4 Å². The number of carbonyl (C=O) groups is 2. The smallest absolute Gasteiger partial charge is 0.227 e. The number of amides is 1. The Kier molecular flexibility index (Phi) is 3.79. The molecule has 1 N–H and O–H groups in total. The molecule has 2 aliphatic carbocycles. The second kappa shape index (κ2) is 5.58. The van der Waals surface area contributed by atoms with Gasteiger partial charge in [0.25, 0.3) is 0 Å². The van der Waals surface area contributed by atoms with E-state index in [-0.39, 0.29) is 29.5 Å². The van der Waals surface area contributed by atoms with Gasteiger partial charge in [-0.1, -0.05) is 12.5 Å². The molecular weight excluding hydrogens is 269 g/mol. The van der Waals surface area contributed by atoms with Crippen molar-refractivity contribution in [2.24, 2.45) is 17.8 Å². The third-order valence-corrected chi connectivity index (χ3v) is 4.86. The van der Waals surface area contributed by atoms with Gasteiger partial charge in [-0.3, -0.25) is 9.59 Å². The van der Waals surface area contributed by atoms with Crippen LogP contribution in [0.5, 0.6) is 0 Å². The van der Waals surface area contributed by atoms with E-state index in [9.17, 15) is 14.0 Å². The minimum absolute atomic E-state index is 0.0583. The van der Waals surface area contributed by atoms with Crippen LogP contribution in [-0.4, -0.2) is 11.7 Å². The molecule has 0 aliphatic heterocycles. The molecular formula is C17H20FNO2. The van der Waals surface area contributed by atoms with Crippen LogP contribution in [0.4, 0.5) is 10.1 Å². The van der Waals surface area contributed by atoms with Gasteiger partial charge in [-0.2, -0.15) is 0 Å². The van der Waals surface area contributed by atoms with Crippen molar-refractivity contribution >= 4 is 17.4 Å². The second-order valence-corrected chi connectivity index (χ2v) is 6.35. The van der Waals surface area contributed by atoms with Crippen LogP contribution in [0.3, 0.4) is 0 Å². The molecule has 2 aliphatic rings. The molecule has 0 aromatic heterocycles. The fourth-order valence-corrected chi connectivity index (χ4v) is 3.61. The number of benzene rings is 1. The van der Waals surface area contributed by atoms with Crippen LogP contribution in [0.15, 0.2) is 18.2 Å². The predicted molar refractivity (Wildman–Crippen MR) is 78.3 cm³/mol. The summed E-state index contributed by atoms with van der Waals surface area (Å²) in [5.74, 6) is -0.0498. The van der Waals surface area contributed by atoms with Crippen molar-refractivity contribution in [3.63, 3.8) is 0 Å². The van der Waals surface area contributed by atoms with Crippen molar-refractivity contribution in [3.8, 4) is 0 Å². The molecule has 1 aromatic rings. The molecule has 1 amide bonds. The van der Waals surface area contributed by atoms with E-state index in [2.05, 4.69) is 5.32 Å². The summed E-state index contributed by atoms with van der Waals surface area (Å²) >= 11 is 0. The molecule has 2 bridgehead atoms. The Morgan fingerprint density at radius 1 is 1.24 bits per heavy atom. The van der Waals surface area contributed by atoms with Crippen LogP contribution < -0.4 is 5.32 Å². The van der Waals surface area contributed by atoms with E-state index in [0.29, 0.717) is 29.9 Å². The Labute approximate surface area is 123 Å². The zero-order valence-corrected chi connectivity index (χ0v) is 12.2. The number of Topliss-reactive ketones (excluding diaryl/α,β-unsaturated/α-hetero) is 1. The van der Waals surface area contributed by atoms with Gasteiger partial charge in [0.15, 0.2) is 0 Å². The van der Waals surface area contributed by atoms with Crippen LogP contribution in [-0.2, 0) is 9.59 Å². The molecule has 3 nitrogen and oxygen atoms in total. The van der Waals surface area contributed by atoms with Crippen molar-refractivity contribution < 1.29 is 14.0 Å². The molecule has 2 saturated carbocycles. The average molecular weight is 289 g/mol. The van der Waals surface area contributed by atoms with Gasteiger partial charge in [0.2, 0.25) is 5.91 Å². The van der Waals surface area contributed by atoms with Gasteiger partial charge in [0.05, 0.1) is 0 Å². The van der Waals surface area contributed by atoms with Crippen molar-refractivity contribution in [1.29, 1.82) is 0 Å². The van der Waals surface area contributed by atoms with Crippen LogP contribution in [0.1, 0.15) is 37.7 Å². The highest BCUT2D eigenvalue weighted by Crippen LogP contribution is 2.40. The Balaban J connectivity index is 1.68. The van der Waals surface area contributed by atoms with Crippen molar-refractivity contribution in [2.75, 3.05) is 5.32 Å². The summed E-state index contributed by atoms with van der Waals surface area (Å²) in [7, 11) is 0. The molecule has 2 fully saturated rings. The zero-order chi connectivity index (χ0) is 15.0. The van der Waals surface area contributed by atoms with Crippen molar-refractivity contribution in [3.05, 3.63) is 29.6 Å². The van der Waals surface area contributed by atoms with Gasteiger partial charge in [0.1, 0.15) is 11.6 Å². The SMILES string of the molecule is Cc1ccc(NC(=O)C2CC3CCCC(C2)C3=O)cc1F. The van der Waals surface area contributed by atoms with Crippen molar-refractivity contribution in [1.82, 2.24) is 0 Å². The lowest BCUT2D eigenvalue weighted by molar-refractivity contribution is -0.136. The molecule has 0 heterocycles. The fraction of sp³-hybridized carbons (Fsp3) is 0.529. The van der Waals surface area contributed by atoms with Gasteiger partial charge in [-0.25, -0.2) is 4.39 Å². The quantitative estimate of drug-likeness (QED) is 0.906. The maximum Gasteiger partial charge on any atom is 0.227 e. The normalized spacial score (nSPS) is 28.3. The van der Waals surface area contributed by atoms with Gasteiger partial charge < -0.3 is 5.32 Å². The van der Waals surface area contributed by atoms with Gasteiger partial charge >= 0.3 is 0 Å². The number of nitrogens with one attached hydrogen (secondary N) is 1. The number of ketones is 1. The van der Waals surface area contributed by atoms with Crippen LogP contribution in [0.2, 0.25) is 0 Å². The molecule has 2 atom stereocenters. The third-order valence-electron chi connectivity index (χ3n) is 4.86. The largest absolute Gasteiger partial charge is 0.326 e. The Hall–Kier alpha value is -1.71. The second-order valence-electron chi connectivity index (χ2n) is 6.35. The Bertz CT molecular complexity index is 568. The number of hydrogen-bond donors (Lipinski definition) is 1. The number of hydrogen-bond acceptors (Lipinski definition) is 2. The Morgan fingerprint density at radius 2 is 1.90 bits per heavy atom. The van der Waals surface area contributed by atoms with E-state index in [0.717, 1.165) is 19.3 Å². The lowest BCUT2D eigenvalue weighted by atomic mass is 9.67. The molecule has 1 aromatic carbocycles. The van der Waals surface area contributed by atoms with Crippen LogP contribution in [0, 0.1) is 30.5 Å². The minimum atomic E-state index is -0.316. The summed E-state index contributed by atoms with van der Waals surface area (Å²) in [4.78, 5) is 24.4. The lowest BCUT2D eigenvalue weighted by Crippen LogP contribution is -2.40. The maximum atomic E-state index is 13.5. The van der Waals surface area contributed by atoms with Crippen LogP contribution >= 0.6 is 0 Å². The van der Waals surface area contributed by atoms with Gasteiger partial charge in [-0.15, -0.1) is 0 Å². The first-order valence-corrected chi connectivity index (χ1v) is 7.65. The zero-order valence-electron chi connectivity index (χ0n) is 12.2. The van der Waals surface area contributed by atoms with E-state index in [1.165, 1.54) is 6.07 Å². The summed E-state index contributed by atoms with van der Waals surface area (Å²) in [6.45, 7) is 1.69. The maximum absolute atomic E-state index is 13.5. The molecule has 112 valence electrons. The number of anilines is 1. The average Bonchev–Trinajstić information content (AvgIpc) is 2.42. The standard InChI is InChI=1S/C17H20FNO2/c1-10-5-6-14(9-15(10)18)19-17(21)13-7-11-3-2-4-12(8-13)16(11)20/h5-6,9,11-13H,2-4,7-8H2,1H3,(H,19,21). The number of halogens is 1. The number of fused-ring (bicyclic) bond motifs is 2. The first-order valence-electron chi connectivity index (χ1n) is 7.65. The lowest BCUT2D eigenvalue weighted by Gasteiger charge is -2.36. The number of carbonyl (C=O) groups excluding carboxylic acids is 2. The third kappa shape index (κ3) is 2.85. The summed E-state index contributed by atoms with van der Waals surface area (Å²) in [6, 6.07) is 4.72. The van der Waals surface area contributed by atoms with E-state index in [1.807, 2.05) is 0 Å². The molecule has 0 saturated heterocycles. The topological polar surface area (TPSA) is 46.2 Å². The van der Waals surface area contributed by atoms with Crippen molar-refractivity contribution in [2.45, 2.75) is 39.0 Å². The van der Waals surface area contributed by atoms with E-state index >= 15 is 0 Å². The summed E-state index contributed by atoms with van der Waals surface area (Å²) in [6.07, 6.45) is 4.22. The van der Waals surface area contributed by atoms with Crippen LogP contribution in [0.25, 0.3) is 0 Å². The highest BCUT2D eigenvalue weighted by molar-refractivity contribution is 5.95. The molecule has 2 unspecified atom stereocenters. The Morgan fingerprint density at radius 3 is 2.52 bits per heavy atom. The highest BCUT2D eigenvalue weighted by atomic mass is 19.1. The molecule has 0 radical (unpaired) electrons. The highest BCUT2D eigenvalue weighted by Gasteiger charge is 2.41. The van der Waals surface area contributed by atoms with E-state index in [1.54, 1.807) is 19.1 Å². The van der Waals surface area contributed by atoms with E-state index < -0.39 is 0 Å². The summed E-state index contributed by atoms with van der Waals surface area (Å²) in [5.41, 5.74) is 1.05. The molecule has 4 heteroatoms. The molecule has 0 spiro atoms. The first kappa shape index (κ1) is 14.2. The molecule has 21 heavy (non-hydrogen) atoms. The predicted octanol–water partition coefficient (Wildman–Crippen LogP) is 3.47. The summed E-state index contributed by atoms with van der Waals surface area (Å²) in [5, 5.41) is 2.79. The van der Waals surface area contributed by atoms with Gasteiger partial charge in [-0.05, 0) is 50.3 Å². The monoisotopic (exact) mass is 289 g/mol. The van der Waals surface area contributed by atoms with E-state index in [4.69, 9.17) is 0 Å². The fourth-order valence-electron chi connectivity index (χ4n) is 3.61. The number of rotatable bonds is 2. The summed E-state index contributed by atoms with van der Waals surface area (Å²) < 4.78 is 13.5. The molecule has 3 rings (SSSR count). The first-order chi connectivity index (χ1) is 10.0. The number of aryl methyl sites for hydroxylation is 1. The minimum Gasteiger partial charge on any atom is -0.326 e.